The number of carbonyl (C=O) groups excluding carboxylic acids is 1. The number of carbonyl (C=O) groups is 1. The van der Waals surface area contributed by atoms with Crippen LogP contribution in [0, 0.1) is 17.8 Å². The van der Waals surface area contributed by atoms with Crippen LogP contribution in [0.25, 0.3) is 0 Å². The Hall–Kier alpha value is -0.570. The van der Waals surface area contributed by atoms with Crippen molar-refractivity contribution in [2.75, 3.05) is 19.6 Å². The highest BCUT2D eigenvalue weighted by molar-refractivity contribution is 5.76. The summed E-state index contributed by atoms with van der Waals surface area (Å²) in [6, 6.07) is 0.559. The molecule has 1 amide bonds. The summed E-state index contributed by atoms with van der Waals surface area (Å²) in [5, 5.41) is 3.52. The second kappa shape index (κ2) is 4.02. The Morgan fingerprint density at radius 2 is 2.12 bits per heavy atom. The van der Waals surface area contributed by atoms with Crippen molar-refractivity contribution in [1.82, 2.24) is 10.2 Å². The minimum Gasteiger partial charge on any atom is -0.339 e. The Morgan fingerprint density at radius 1 is 1.31 bits per heavy atom. The van der Waals surface area contributed by atoms with Crippen LogP contribution in [-0.2, 0) is 4.79 Å². The van der Waals surface area contributed by atoms with Gasteiger partial charge in [-0.1, -0.05) is 6.92 Å². The van der Waals surface area contributed by atoms with Crippen LogP contribution in [-0.4, -0.2) is 36.5 Å². The monoisotopic (exact) mass is 222 g/mol. The standard InChI is InChI=1S/C13H22N2O/c1-2-3-13(16)15-8-9-4-5-12(15)11-7-14-6-10(9)11/h9-12,14H,2-8H2,1H3/t9-,10-,11+,12+/m1/s1. The molecule has 4 aliphatic rings. The normalized spacial score (nSPS) is 41.2. The van der Waals surface area contributed by atoms with Gasteiger partial charge < -0.3 is 10.2 Å². The number of hydrogen-bond acceptors (Lipinski definition) is 2. The third-order valence-electron chi connectivity index (χ3n) is 4.86. The first-order valence-electron chi connectivity index (χ1n) is 6.81. The first kappa shape index (κ1) is 10.6. The summed E-state index contributed by atoms with van der Waals surface area (Å²) in [5.74, 6) is 2.81. The highest BCUT2D eigenvalue weighted by Crippen LogP contribution is 2.45. The summed E-state index contributed by atoms with van der Waals surface area (Å²) in [5.41, 5.74) is 0. The van der Waals surface area contributed by atoms with E-state index in [1.54, 1.807) is 0 Å². The highest BCUT2D eigenvalue weighted by atomic mass is 16.2. The molecule has 0 aromatic carbocycles. The predicted octanol–water partition coefficient (Wildman–Crippen LogP) is 1.24. The molecule has 0 unspecified atom stereocenters. The van der Waals surface area contributed by atoms with Gasteiger partial charge in [-0.3, -0.25) is 4.79 Å². The average molecular weight is 222 g/mol. The van der Waals surface area contributed by atoms with Crippen LogP contribution in [0.4, 0.5) is 0 Å². The second-order valence-electron chi connectivity index (χ2n) is 5.69. The maximum atomic E-state index is 12.1. The fourth-order valence-electron chi connectivity index (χ4n) is 4.12. The minimum atomic E-state index is 0.405. The van der Waals surface area contributed by atoms with Crippen molar-refractivity contribution in [3.05, 3.63) is 0 Å². The van der Waals surface area contributed by atoms with E-state index in [0.29, 0.717) is 11.9 Å². The molecule has 3 aliphatic heterocycles. The van der Waals surface area contributed by atoms with E-state index in [4.69, 9.17) is 0 Å². The fraction of sp³-hybridized carbons (Fsp3) is 0.923. The molecule has 4 atom stereocenters. The van der Waals surface area contributed by atoms with Crippen LogP contribution in [0.3, 0.4) is 0 Å². The van der Waals surface area contributed by atoms with Crippen LogP contribution in [0.1, 0.15) is 32.6 Å². The zero-order chi connectivity index (χ0) is 11.1. The molecule has 0 aromatic heterocycles. The maximum Gasteiger partial charge on any atom is 0.222 e. The largest absolute Gasteiger partial charge is 0.339 e. The van der Waals surface area contributed by atoms with Crippen molar-refractivity contribution < 1.29 is 4.79 Å². The number of amides is 1. The lowest BCUT2D eigenvalue weighted by Crippen LogP contribution is -2.59. The molecule has 0 spiro atoms. The summed E-state index contributed by atoms with van der Waals surface area (Å²) in [6.45, 7) is 5.48. The van der Waals surface area contributed by atoms with E-state index >= 15 is 0 Å². The van der Waals surface area contributed by atoms with Crippen molar-refractivity contribution in [2.24, 2.45) is 17.8 Å². The molecule has 1 aliphatic carbocycles. The van der Waals surface area contributed by atoms with Gasteiger partial charge in [0.1, 0.15) is 0 Å². The Labute approximate surface area is 97.6 Å². The molecule has 1 saturated carbocycles. The Kier molecular flexibility index (Phi) is 2.66. The van der Waals surface area contributed by atoms with Gasteiger partial charge in [0.15, 0.2) is 0 Å². The molecule has 2 bridgehead atoms. The summed E-state index contributed by atoms with van der Waals surface area (Å²) in [7, 11) is 0. The SMILES string of the molecule is CCCC(=O)N1C[C@H]2CC[C@H]1[C@H]1CNC[C@H]21. The van der Waals surface area contributed by atoms with E-state index in [9.17, 15) is 4.79 Å². The van der Waals surface area contributed by atoms with E-state index in [-0.39, 0.29) is 0 Å². The zero-order valence-electron chi connectivity index (χ0n) is 10.1. The molecule has 3 heteroatoms. The van der Waals surface area contributed by atoms with Crippen LogP contribution < -0.4 is 5.32 Å². The number of nitrogens with one attached hydrogen (secondary N) is 1. The third-order valence-corrected chi connectivity index (χ3v) is 4.86. The first-order chi connectivity index (χ1) is 7.81. The van der Waals surface area contributed by atoms with Gasteiger partial charge in [0, 0.05) is 25.6 Å². The van der Waals surface area contributed by atoms with Crippen molar-refractivity contribution in [3.8, 4) is 0 Å². The number of fused-ring (bicyclic) bond motifs is 2. The van der Waals surface area contributed by atoms with Crippen molar-refractivity contribution in [1.29, 1.82) is 0 Å². The van der Waals surface area contributed by atoms with Crippen LogP contribution in [0.2, 0.25) is 0 Å². The molecule has 1 N–H and O–H groups in total. The Morgan fingerprint density at radius 3 is 2.94 bits per heavy atom. The van der Waals surface area contributed by atoms with Gasteiger partial charge in [0.2, 0.25) is 5.91 Å². The van der Waals surface area contributed by atoms with Crippen molar-refractivity contribution in [3.63, 3.8) is 0 Å². The van der Waals surface area contributed by atoms with E-state index in [0.717, 1.165) is 43.7 Å². The minimum absolute atomic E-state index is 0.405. The molecule has 3 nitrogen and oxygen atoms in total. The molecule has 0 radical (unpaired) electrons. The van der Waals surface area contributed by atoms with Crippen molar-refractivity contribution in [2.45, 2.75) is 38.6 Å². The predicted molar refractivity (Wildman–Crippen MR) is 63.0 cm³/mol. The molecule has 90 valence electrons. The number of hydrogen-bond donors (Lipinski definition) is 1. The lowest BCUT2D eigenvalue weighted by Gasteiger charge is -2.52. The van der Waals surface area contributed by atoms with Gasteiger partial charge in [-0.2, -0.15) is 0 Å². The first-order valence-corrected chi connectivity index (χ1v) is 6.81. The van der Waals surface area contributed by atoms with E-state index in [2.05, 4.69) is 17.1 Å². The van der Waals surface area contributed by atoms with Gasteiger partial charge in [-0.15, -0.1) is 0 Å². The highest BCUT2D eigenvalue weighted by Gasteiger charge is 2.50. The fourth-order valence-corrected chi connectivity index (χ4v) is 4.12. The zero-order valence-corrected chi connectivity index (χ0v) is 10.1. The lowest BCUT2D eigenvalue weighted by atomic mass is 9.66. The summed E-state index contributed by atoms with van der Waals surface area (Å²) >= 11 is 0. The van der Waals surface area contributed by atoms with E-state index in [1.807, 2.05) is 0 Å². The average Bonchev–Trinajstić information content (AvgIpc) is 2.80. The summed E-state index contributed by atoms with van der Waals surface area (Å²) in [4.78, 5) is 14.3. The topological polar surface area (TPSA) is 32.3 Å². The molecule has 0 aromatic rings. The van der Waals surface area contributed by atoms with Gasteiger partial charge in [-0.25, -0.2) is 0 Å². The number of rotatable bonds is 2. The van der Waals surface area contributed by atoms with Crippen LogP contribution >= 0.6 is 0 Å². The van der Waals surface area contributed by atoms with E-state index in [1.165, 1.54) is 19.4 Å². The quantitative estimate of drug-likeness (QED) is 0.762. The lowest BCUT2D eigenvalue weighted by molar-refractivity contribution is -0.143. The van der Waals surface area contributed by atoms with E-state index < -0.39 is 0 Å². The third kappa shape index (κ3) is 1.48. The maximum absolute atomic E-state index is 12.1. The molecule has 3 heterocycles. The molecular weight excluding hydrogens is 200 g/mol. The van der Waals surface area contributed by atoms with Crippen LogP contribution in [0.5, 0.6) is 0 Å². The van der Waals surface area contributed by atoms with Gasteiger partial charge in [-0.05, 0) is 43.6 Å². The Balaban J connectivity index is 1.77. The molecule has 4 fully saturated rings. The molecule has 16 heavy (non-hydrogen) atoms. The van der Waals surface area contributed by atoms with Gasteiger partial charge >= 0.3 is 0 Å². The Bertz CT molecular complexity index is 292. The molecule has 4 rings (SSSR count). The summed E-state index contributed by atoms with van der Waals surface area (Å²) in [6.07, 6.45) is 4.33. The van der Waals surface area contributed by atoms with Gasteiger partial charge in [0.05, 0.1) is 0 Å². The molecular formula is C13H22N2O. The summed E-state index contributed by atoms with van der Waals surface area (Å²) < 4.78 is 0. The second-order valence-corrected chi connectivity index (χ2v) is 5.69. The van der Waals surface area contributed by atoms with Gasteiger partial charge in [0.25, 0.3) is 0 Å². The molecule has 3 saturated heterocycles. The van der Waals surface area contributed by atoms with Crippen LogP contribution in [0.15, 0.2) is 0 Å². The number of piperidine rings is 2. The van der Waals surface area contributed by atoms with Crippen molar-refractivity contribution >= 4 is 5.91 Å². The smallest absolute Gasteiger partial charge is 0.222 e. The number of nitrogens with zero attached hydrogens (tertiary/aromatic N) is 1.